The Morgan fingerprint density at radius 3 is 2.29 bits per heavy atom. The first kappa shape index (κ1) is 20.4. The lowest BCUT2D eigenvalue weighted by molar-refractivity contribution is -0.138. The van der Waals surface area contributed by atoms with Gasteiger partial charge in [-0.1, -0.05) is 58.3 Å². The van der Waals surface area contributed by atoms with Crippen LogP contribution in [0.1, 0.15) is 87.4 Å². The first-order chi connectivity index (χ1) is 11.5. The Morgan fingerprint density at radius 1 is 1.12 bits per heavy atom. The molecule has 0 bridgehead atoms. The van der Waals surface area contributed by atoms with Crippen LogP contribution in [0.5, 0.6) is 0 Å². The number of unbranched alkanes of at least 4 members (excludes halogenated alkanes) is 8. The molecule has 0 amide bonds. The number of carbonyl (C=O) groups excluding carboxylic acids is 1. The van der Waals surface area contributed by atoms with Crippen molar-refractivity contribution in [3.63, 3.8) is 0 Å². The number of aliphatic carboxylic acids is 1. The maximum Gasteiger partial charge on any atom is 0.320 e. The van der Waals surface area contributed by atoms with Gasteiger partial charge in [0.05, 0.1) is 0 Å². The summed E-state index contributed by atoms with van der Waals surface area (Å²) < 4.78 is 0. The number of nitrogens with zero attached hydrogens (tertiary/aromatic N) is 1. The Labute approximate surface area is 144 Å². The molecule has 0 saturated carbocycles. The summed E-state index contributed by atoms with van der Waals surface area (Å²) >= 11 is 0. The second-order valence-electron chi connectivity index (χ2n) is 6.41. The third-order valence-corrected chi connectivity index (χ3v) is 4.16. The fourth-order valence-corrected chi connectivity index (χ4v) is 2.64. The highest BCUT2D eigenvalue weighted by atomic mass is 16.4. The van der Waals surface area contributed by atoms with E-state index in [1.54, 1.807) is 0 Å². The van der Waals surface area contributed by atoms with Crippen LogP contribution in [-0.2, 0) is 11.2 Å². The lowest BCUT2D eigenvalue weighted by atomic mass is 10.1. The minimum Gasteiger partial charge on any atom is -0.480 e. The molecule has 0 aromatic carbocycles. The van der Waals surface area contributed by atoms with Crippen LogP contribution in [0.2, 0.25) is 0 Å². The predicted molar refractivity (Wildman–Crippen MR) is 94.1 cm³/mol. The number of H-pyrrole nitrogens is 1. The van der Waals surface area contributed by atoms with Crippen LogP contribution in [0, 0.1) is 0 Å². The molecule has 0 fully saturated rings. The molecule has 0 saturated heterocycles. The number of aromatic amines is 1. The zero-order chi connectivity index (χ0) is 17.8. The van der Waals surface area contributed by atoms with E-state index >= 15 is 0 Å². The highest BCUT2D eigenvalue weighted by Gasteiger charge is 2.15. The minimum atomic E-state index is -1.06. The summed E-state index contributed by atoms with van der Waals surface area (Å²) in [6.07, 6.45) is 13.0. The van der Waals surface area contributed by atoms with Gasteiger partial charge in [0.2, 0.25) is 0 Å². The topological polar surface area (TPSA) is 109 Å². The lowest BCUT2D eigenvalue weighted by Gasteiger charge is -2.03. The van der Waals surface area contributed by atoms with Crippen molar-refractivity contribution in [3.05, 3.63) is 17.7 Å². The van der Waals surface area contributed by atoms with Crippen molar-refractivity contribution in [1.82, 2.24) is 9.97 Å². The van der Waals surface area contributed by atoms with Gasteiger partial charge >= 0.3 is 5.97 Å². The first-order valence-electron chi connectivity index (χ1n) is 9.10. The molecule has 0 radical (unpaired) electrons. The number of imidazole rings is 1. The molecule has 1 aromatic rings. The number of carboxylic acid groups (broad SMARTS) is 1. The number of carboxylic acids is 1. The number of nitrogens with one attached hydrogen (secondary N) is 1. The van der Waals surface area contributed by atoms with E-state index in [-0.39, 0.29) is 12.2 Å². The van der Waals surface area contributed by atoms with E-state index in [4.69, 9.17) is 10.8 Å². The summed E-state index contributed by atoms with van der Waals surface area (Å²) in [5.74, 6) is -0.776. The van der Waals surface area contributed by atoms with E-state index in [1.807, 2.05) is 0 Å². The largest absolute Gasteiger partial charge is 0.480 e. The molecule has 0 aliphatic rings. The fourth-order valence-electron chi connectivity index (χ4n) is 2.64. The summed E-state index contributed by atoms with van der Waals surface area (Å²) in [7, 11) is 0. The second-order valence-corrected chi connectivity index (χ2v) is 6.41. The normalized spacial score (nSPS) is 12.2. The number of hydrogen-bond acceptors (Lipinski definition) is 4. The van der Waals surface area contributed by atoms with E-state index in [9.17, 15) is 9.59 Å². The number of carbonyl (C=O) groups is 2. The highest BCUT2D eigenvalue weighted by molar-refractivity contribution is 5.92. The molecule has 1 unspecified atom stereocenters. The predicted octanol–water partition coefficient (Wildman–Crippen LogP) is 3.47. The monoisotopic (exact) mass is 337 g/mol. The third-order valence-electron chi connectivity index (χ3n) is 4.16. The quantitative estimate of drug-likeness (QED) is 0.356. The molecule has 0 aliphatic heterocycles. The molecule has 6 heteroatoms. The van der Waals surface area contributed by atoms with Crippen molar-refractivity contribution < 1.29 is 14.7 Å². The van der Waals surface area contributed by atoms with Crippen LogP contribution < -0.4 is 5.73 Å². The van der Waals surface area contributed by atoms with Gasteiger partial charge in [-0.25, -0.2) is 4.98 Å². The van der Waals surface area contributed by atoms with Crippen LogP contribution >= 0.6 is 0 Å². The van der Waals surface area contributed by atoms with E-state index in [0.717, 1.165) is 12.8 Å². The Bertz CT molecular complexity index is 499. The Hall–Kier alpha value is -1.69. The third kappa shape index (κ3) is 8.24. The second kappa shape index (κ2) is 11.8. The summed E-state index contributed by atoms with van der Waals surface area (Å²) in [6.45, 7) is 2.22. The van der Waals surface area contributed by atoms with Crippen molar-refractivity contribution in [2.75, 3.05) is 0 Å². The molecule has 6 nitrogen and oxygen atoms in total. The van der Waals surface area contributed by atoms with E-state index in [2.05, 4.69) is 16.9 Å². The van der Waals surface area contributed by atoms with E-state index in [0.29, 0.717) is 17.9 Å². The average molecular weight is 337 g/mol. The molecule has 1 rings (SSSR count). The standard InChI is InChI=1S/C18H31N3O3/c1-2-3-4-5-6-7-8-9-10-11-16(22)17-20-13-14(21-17)12-15(19)18(23)24/h13,15H,2-12,19H2,1H3,(H,20,21)(H,23,24). The SMILES string of the molecule is CCCCCCCCCCCC(=O)c1ncc(CC(N)C(=O)O)[nH]1. The molecule has 0 spiro atoms. The van der Waals surface area contributed by atoms with Crippen LogP contribution in [0.4, 0.5) is 0 Å². The maximum absolute atomic E-state index is 12.0. The Morgan fingerprint density at radius 2 is 1.71 bits per heavy atom. The van der Waals surface area contributed by atoms with Crippen molar-refractivity contribution >= 4 is 11.8 Å². The lowest BCUT2D eigenvalue weighted by Crippen LogP contribution is -2.32. The van der Waals surface area contributed by atoms with Crippen LogP contribution in [0.3, 0.4) is 0 Å². The number of ketones is 1. The van der Waals surface area contributed by atoms with Gasteiger partial charge in [0, 0.05) is 24.7 Å². The zero-order valence-corrected chi connectivity index (χ0v) is 14.7. The van der Waals surface area contributed by atoms with Gasteiger partial charge in [-0.2, -0.15) is 0 Å². The number of aromatic nitrogens is 2. The molecule has 136 valence electrons. The van der Waals surface area contributed by atoms with Crippen molar-refractivity contribution in [2.45, 2.75) is 83.6 Å². The summed E-state index contributed by atoms with van der Waals surface area (Å²) in [4.78, 5) is 29.7. The Kier molecular flexibility index (Phi) is 10.00. The average Bonchev–Trinajstić information content (AvgIpc) is 3.01. The van der Waals surface area contributed by atoms with Gasteiger partial charge < -0.3 is 15.8 Å². The van der Waals surface area contributed by atoms with Crippen LogP contribution in [-0.4, -0.2) is 32.9 Å². The van der Waals surface area contributed by atoms with Gasteiger partial charge in [0.15, 0.2) is 11.6 Å². The molecular weight excluding hydrogens is 306 g/mol. The van der Waals surface area contributed by atoms with Gasteiger partial charge in [0.1, 0.15) is 6.04 Å². The number of nitrogens with two attached hydrogens (primary N) is 1. The minimum absolute atomic E-state index is 0.0203. The van der Waals surface area contributed by atoms with Crippen molar-refractivity contribution in [2.24, 2.45) is 5.73 Å². The van der Waals surface area contributed by atoms with Crippen LogP contribution in [0.15, 0.2) is 6.20 Å². The van der Waals surface area contributed by atoms with Crippen molar-refractivity contribution in [3.8, 4) is 0 Å². The fraction of sp³-hybridized carbons (Fsp3) is 0.722. The van der Waals surface area contributed by atoms with Gasteiger partial charge in [-0.3, -0.25) is 9.59 Å². The van der Waals surface area contributed by atoms with E-state index < -0.39 is 12.0 Å². The molecular formula is C18H31N3O3. The molecule has 4 N–H and O–H groups in total. The summed E-state index contributed by atoms with van der Waals surface area (Å²) in [6, 6.07) is -0.981. The number of rotatable bonds is 14. The number of Topliss-reactive ketones (excluding diaryl/α,β-unsaturated/α-hetero) is 1. The number of hydrogen-bond donors (Lipinski definition) is 3. The molecule has 1 aromatic heterocycles. The Balaban J connectivity index is 2.15. The summed E-state index contributed by atoms with van der Waals surface area (Å²) in [5, 5.41) is 8.78. The molecule has 0 aliphatic carbocycles. The van der Waals surface area contributed by atoms with Crippen molar-refractivity contribution in [1.29, 1.82) is 0 Å². The summed E-state index contributed by atoms with van der Waals surface area (Å²) in [5.41, 5.74) is 6.05. The van der Waals surface area contributed by atoms with Gasteiger partial charge in [0.25, 0.3) is 0 Å². The molecule has 1 atom stereocenters. The first-order valence-corrected chi connectivity index (χ1v) is 9.10. The highest BCUT2D eigenvalue weighted by Crippen LogP contribution is 2.12. The van der Waals surface area contributed by atoms with Gasteiger partial charge in [-0.15, -0.1) is 0 Å². The molecule has 1 heterocycles. The van der Waals surface area contributed by atoms with Gasteiger partial charge in [-0.05, 0) is 6.42 Å². The zero-order valence-electron chi connectivity index (χ0n) is 14.7. The van der Waals surface area contributed by atoms with E-state index in [1.165, 1.54) is 51.1 Å². The van der Waals surface area contributed by atoms with Crippen LogP contribution in [0.25, 0.3) is 0 Å². The maximum atomic E-state index is 12.0. The smallest absolute Gasteiger partial charge is 0.320 e. The molecule has 24 heavy (non-hydrogen) atoms.